The number of ether oxygens (including phenoxy) is 1. The smallest absolute Gasteiger partial charge is 0.244 e. The maximum atomic E-state index is 14.1. The van der Waals surface area contributed by atoms with Gasteiger partial charge in [-0.1, -0.05) is 73.1 Å². The topological polar surface area (TPSA) is 96.0 Å². The lowest BCUT2D eigenvalue weighted by atomic mass is 10.0. The van der Waals surface area contributed by atoms with Crippen molar-refractivity contribution in [2.24, 2.45) is 0 Å². The first-order valence-electron chi connectivity index (χ1n) is 13.0. The van der Waals surface area contributed by atoms with Gasteiger partial charge in [-0.2, -0.15) is 0 Å². The molecule has 8 nitrogen and oxygen atoms in total. The molecule has 1 N–H and O–H groups in total. The molecular formula is C30H36ClN3O5S. The number of benzene rings is 3. The molecule has 3 aromatic rings. The van der Waals surface area contributed by atoms with Crippen LogP contribution in [-0.2, 0) is 32.6 Å². The van der Waals surface area contributed by atoms with Crippen molar-refractivity contribution in [1.82, 2.24) is 10.2 Å². The Labute approximate surface area is 241 Å². The first kappa shape index (κ1) is 31.0. The van der Waals surface area contributed by atoms with Crippen LogP contribution in [-0.4, -0.2) is 57.1 Å². The van der Waals surface area contributed by atoms with Crippen LogP contribution in [0.3, 0.4) is 0 Å². The lowest BCUT2D eigenvalue weighted by molar-refractivity contribution is -0.140. The van der Waals surface area contributed by atoms with Crippen LogP contribution in [0.4, 0.5) is 5.69 Å². The molecule has 0 aliphatic rings. The molecule has 0 saturated heterocycles. The fraction of sp³-hybridized carbons (Fsp3) is 0.333. The lowest BCUT2D eigenvalue weighted by Gasteiger charge is -2.34. The van der Waals surface area contributed by atoms with Gasteiger partial charge in [0.1, 0.15) is 18.3 Å². The maximum absolute atomic E-state index is 14.1. The second-order valence-electron chi connectivity index (χ2n) is 9.62. The van der Waals surface area contributed by atoms with Crippen molar-refractivity contribution in [3.63, 3.8) is 0 Å². The van der Waals surface area contributed by atoms with Crippen LogP contribution in [0.25, 0.3) is 0 Å². The highest BCUT2D eigenvalue weighted by molar-refractivity contribution is 7.92. The second-order valence-corrected chi connectivity index (χ2v) is 11.9. The predicted octanol–water partition coefficient (Wildman–Crippen LogP) is 4.67. The van der Waals surface area contributed by atoms with Gasteiger partial charge in [0.15, 0.2) is 0 Å². The van der Waals surface area contributed by atoms with Gasteiger partial charge >= 0.3 is 0 Å². The Morgan fingerprint density at radius 3 is 2.25 bits per heavy atom. The molecule has 40 heavy (non-hydrogen) atoms. The molecular weight excluding hydrogens is 550 g/mol. The summed E-state index contributed by atoms with van der Waals surface area (Å²) in [4.78, 5) is 29.2. The van der Waals surface area contributed by atoms with Crippen molar-refractivity contribution >= 4 is 39.1 Å². The molecule has 3 rings (SSSR count). The number of hydrogen-bond donors (Lipinski definition) is 1. The van der Waals surface area contributed by atoms with Crippen LogP contribution in [0.5, 0.6) is 5.75 Å². The fourth-order valence-corrected chi connectivity index (χ4v) is 5.36. The third-order valence-corrected chi connectivity index (χ3v) is 8.01. The Morgan fingerprint density at radius 1 is 0.975 bits per heavy atom. The monoisotopic (exact) mass is 585 g/mol. The number of rotatable bonds is 13. The second kappa shape index (κ2) is 14.2. The van der Waals surface area contributed by atoms with Gasteiger partial charge in [-0.25, -0.2) is 8.42 Å². The van der Waals surface area contributed by atoms with Crippen molar-refractivity contribution in [2.45, 2.75) is 45.3 Å². The summed E-state index contributed by atoms with van der Waals surface area (Å²) in [5.41, 5.74) is 1.78. The van der Waals surface area contributed by atoms with E-state index >= 15 is 0 Å². The van der Waals surface area contributed by atoms with Crippen molar-refractivity contribution in [2.75, 3.05) is 24.2 Å². The predicted molar refractivity (Wildman–Crippen MR) is 159 cm³/mol. The number of sulfonamides is 1. The fourth-order valence-electron chi connectivity index (χ4n) is 4.21. The van der Waals surface area contributed by atoms with E-state index in [1.165, 1.54) is 4.90 Å². The van der Waals surface area contributed by atoms with Crippen LogP contribution in [0, 0.1) is 0 Å². The zero-order chi connectivity index (χ0) is 29.3. The van der Waals surface area contributed by atoms with E-state index in [0.717, 1.165) is 21.7 Å². The highest BCUT2D eigenvalue weighted by atomic mass is 35.5. The lowest BCUT2D eigenvalue weighted by Crippen LogP contribution is -2.54. The molecule has 0 heterocycles. The number of nitrogens with one attached hydrogen (secondary N) is 1. The number of methoxy groups -OCH3 is 1. The molecule has 3 aromatic carbocycles. The molecule has 0 aromatic heterocycles. The molecule has 0 aliphatic carbocycles. The number of para-hydroxylation sites is 1. The number of anilines is 1. The van der Waals surface area contributed by atoms with E-state index in [9.17, 15) is 18.0 Å². The minimum Gasteiger partial charge on any atom is -0.497 e. The SMILES string of the molecule is CCC(C)NC(=O)C(Cc1ccccc1)N(Cc1cccc(OC)c1)C(=O)CN(c1ccccc1Cl)S(C)(=O)=O. The van der Waals surface area contributed by atoms with E-state index in [1.54, 1.807) is 49.6 Å². The zero-order valence-electron chi connectivity index (χ0n) is 23.2. The van der Waals surface area contributed by atoms with Crippen molar-refractivity contribution in [3.8, 4) is 5.75 Å². The van der Waals surface area contributed by atoms with E-state index in [1.807, 2.05) is 50.2 Å². The summed E-state index contributed by atoms with van der Waals surface area (Å²) < 4.78 is 32.1. The van der Waals surface area contributed by atoms with Gasteiger partial charge in [-0.15, -0.1) is 0 Å². The molecule has 2 atom stereocenters. The average molecular weight is 586 g/mol. The number of hydrogen-bond acceptors (Lipinski definition) is 5. The van der Waals surface area contributed by atoms with Gasteiger partial charge in [-0.05, 0) is 48.7 Å². The Kier molecular flexibility index (Phi) is 11.0. The zero-order valence-corrected chi connectivity index (χ0v) is 24.8. The van der Waals surface area contributed by atoms with Crippen LogP contribution in [0.15, 0.2) is 78.9 Å². The van der Waals surface area contributed by atoms with E-state index in [0.29, 0.717) is 12.2 Å². The quantitative estimate of drug-likeness (QED) is 0.314. The molecule has 10 heteroatoms. The molecule has 2 unspecified atom stereocenters. The normalized spacial score (nSPS) is 12.7. The van der Waals surface area contributed by atoms with E-state index in [-0.39, 0.29) is 35.6 Å². The molecule has 0 saturated carbocycles. The van der Waals surface area contributed by atoms with Crippen LogP contribution in [0.2, 0.25) is 5.02 Å². The summed E-state index contributed by atoms with van der Waals surface area (Å²) in [6.07, 6.45) is 1.97. The van der Waals surface area contributed by atoms with Crippen molar-refractivity contribution in [1.29, 1.82) is 0 Å². The van der Waals surface area contributed by atoms with E-state index in [4.69, 9.17) is 16.3 Å². The average Bonchev–Trinajstić information content (AvgIpc) is 2.93. The maximum Gasteiger partial charge on any atom is 0.244 e. The molecule has 2 amide bonds. The molecule has 0 radical (unpaired) electrons. The van der Waals surface area contributed by atoms with Gasteiger partial charge in [0.05, 0.1) is 24.1 Å². The van der Waals surface area contributed by atoms with Crippen LogP contribution >= 0.6 is 11.6 Å². The Hall–Kier alpha value is -3.56. The first-order valence-corrected chi connectivity index (χ1v) is 15.2. The number of amides is 2. The summed E-state index contributed by atoms with van der Waals surface area (Å²) in [5, 5.41) is 3.20. The minimum atomic E-state index is -3.90. The third kappa shape index (κ3) is 8.47. The molecule has 214 valence electrons. The van der Waals surface area contributed by atoms with E-state index < -0.39 is 28.5 Å². The number of nitrogens with zero attached hydrogens (tertiary/aromatic N) is 2. The Balaban J connectivity index is 2.08. The minimum absolute atomic E-state index is 0.0571. The molecule has 0 bridgehead atoms. The first-order chi connectivity index (χ1) is 19.0. The summed E-state index contributed by atoms with van der Waals surface area (Å²) in [7, 11) is -2.35. The number of carbonyl (C=O) groups is 2. The van der Waals surface area contributed by atoms with Gasteiger partial charge in [0, 0.05) is 19.0 Å². The van der Waals surface area contributed by atoms with Gasteiger partial charge < -0.3 is 15.0 Å². The highest BCUT2D eigenvalue weighted by Crippen LogP contribution is 2.28. The Morgan fingerprint density at radius 2 is 1.62 bits per heavy atom. The molecule has 0 fully saturated rings. The van der Waals surface area contributed by atoms with E-state index in [2.05, 4.69) is 5.32 Å². The van der Waals surface area contributed by atoms with Crippen molar-refractivity contribution < 1.29 is 22.7 Å². The standard InChI is InChI=1S/C30H36ClN3O5S/c1-5-22(2)32-30(36)28(19-23-12-7-6-8-13-23)33(20-24-14-11-15-25(18-24)39-3)29(35)21-34(40(4,37)38)27-17-10-9-16-26(27)31/h6-18,22,28H,5,19-21H2,1-4H3,(H,32,36). The summed E-state index contributed by atoms with van der Waals surface area (Å²) in [6, 6.07) is 22.0. The summed E-state index contributed by atoms with van der Waals surface area (Å²) in [6.45, 7) is 3.38. The summed E-state index contributed by atoms with van der Waals surface area (Å²) in [5.74, 6) is -0.270. The molecule has 0 spiro atoms. The van der Waals surface area contributed by atoms with Crippen molar-refractivity contribution in [3.05, 3.63) is 95.0 Å². The van der Waals surface area contributed by atoms with Crippen LogP contribution < -0.4 is 14.4 Å². The highest BCUT2D eigenvalue weighted by Gasteiger charge is 2.33. The Bertz CT molecular complexity index is 1400. The van der Waals surface area contributed by atoms with Gasteiger partial charge in [0.2, 0.25) is 21.8 Å². The van der Waals surface area contributed by atoms with Gasteiger partial charge in [0.25, 0.3) is 0 Å². The van der Waals surface area contributed by atoms with Crippen LogP contribution in [0.1, 0.15) is 31.4 Å². The number of halogens is 1. The molecule has 0 aliphatic heterocycles. The number of carbonyl (C=O) groups excluding carboxylic acids is 2. The summed E-state index contributed by atoms with van der Waals surface area (Å²) >= 11 is 6.34. The van der Waals surface area contributed by atoms with Gasteiger partial charge in [-0.3, -0.25) is 13.9 Å². The largest absolute Gasteiger partial charge is 0.497 e. The third-order valence-electron chi connectivity index (χ3n) is 6.56.